The van der Waals surface area contributed by atoms with Crippen LogP contribution in [0, 0.1) is 11.3 Å². The molecule has 3 fully saturated rings. The van der Waals surface area contributed by atoms with Crippen LogP contribution < -0.4 is 5.32 Å². The molecule has 3 aliphatic rings. The van der Waals surface area contributed by atoms with Crippen molar-refractivity contribution in [2.24, 2.45) is 11.3 Å². The Morgan fingerprint density at radius 1 is 1.44 bits per heavy atom. The van der Waals surface area contributed by atoms with E-state index in [9.17, 15) is 0 Å². The Kier molecular flexibility index (Phi) is 3.65. The largest absolute Gasteiger partial charge is 0.381 e. The maximum atomic E-state index is 5.91. The minimum absolute atomic E-state index is 0.490. The van der Waals surface area contributed by atoms with Gasteiger partial charge in [-0.2, -0.15) is 0 Å². The zero-order chi connectivity index (χ0) is 12.6. The fourth-order valence-corrected chi connectivity index (χ4v) is 4.07. The van der Waals surface area contributed by atoms with Gasteiger partial charge in [0.25, 0.3) is 0 Å². The second kappa shape index (κ2) is 5.10. The molecule has 0 radical (unpaired) electrons. The molecule has 104 valence electrons. The molecule has 4 unspecified atom stereocenters. The third-order valence-corrected chi connectivity index (χ3v) is 5.57. The average Bonchev–Trinajstić information content (AvgIpc) is 2.78. The molecule has 1 N–H and O–H groups in total. The first-order valence-electron chi connectivity index (χ1n) is 7.71. The standard InChI is InChI=1S/C15H27NO2/c1-3-18-14-9-13(15(14)6-4-7-15)16-11(2)12-5-8-17-10-12/h11-14,16H,3-10H2,1-2H3. The summed E-state index contributed by atoms with van der Waals surface area (Å²) in [6.07, 6.45) is 7.09. The Bertz CT molecular complexity index is 284. The van der Waals surface area contributed by atoms with Crippen molar-refractivity contribution in [1.82, 2.24) is 5.32 Å². The zero-order valence-corrected chi connectivity index (χ0v) is 11.8. The summed E-state index contributed by atoms with van der Waals surface area (Å²) in [5, 5.41) is 3.88. The highest BCUT2D eigenvalue weighted by Gasteiger charge is 2.59. The van der Waals surface area contributed by atoms with Crippen molar-refractivity contribution in [3.05, 3.63) is 0 Å². The van der Waals surface area contributed by atoms with Crippen molar-refractivity contribution >= 4 is 0 Å². The third kappa shape index (κ3) is 2.00. The molecule has 0 aromatic rings. The lowest BCUT2D eigenvalue weighted by Gasteiger charge is -2.62. The van der Waals surface area contributed by atoms with E-state index in [1.807, 2.05) is 0 Å². The van der Waals surface area contributed by atoms with Crippen molar-refractivity contribution in [2.45, 2.75) is 64.1 Å². The second-order valence-electron chi connectivity index (χ2n) is 6.40. The van der Waals surface area contributed by atoms with Gasteiger partial charge in [-0.15, -0.1) is 0 Å². The first-order valence-corrected chi connectivity index (χ1v) is 7.71. The summed E-state index contributed by atoms with van der Waals surface area (Å²) in [4.78, 5) is 0. The fraction of sp³-hybridized carbons (Fsp3) is 1.00. The van der Waals surface area contributed by atoms with Crippen molar-refractivity contribution in [1.29, 1.82) is 0 Å². The van der Waals surface area contributed by atoms with Crippen LogP contribution in [0.2, 0.25) is 0 Å². The first-order chi connectivity index (χ1) is 8.76. The molecule has 2 aliphatic carbocycles. The van der Waals surface area contributed by atoms with Gasteiger partial charge >= 0.3 is 0 Å². The van der Waals surface area contributed by atoms with Crippen LogP contribution in [0.1, 0.15) is 46.0 Å². The van der Waals surface area contributed by atoms with Gasteiger partial charge in [0.05, 0.1) is 12.7 Å². The summed E-state index contributed by atoms with van der Waals surface area (Å²) < 4.78 is 11.4. The van der Waals surface area contributed by atoms with Gasteiger partial charge in [0, 0.05) is 30.7 Å². The quantitative estimate of drug-likeness (QED) is 0.816. The smallest absolute Gasteiger partial charge is 0.0661 e. The molecular weight excluding hydrogens is 226 g/mol. The molecule has 1 heterocycles. The van der Waals surface area contributed by atoms with Gasteiger partial charge in [0.2, 0.25) is 0 Å². The molecule has 1 saturated heterocycles. The highest BCUT2D eigenvalue weighted by molar-refractivity contribution is 5.12. The molecule has 18 heavy (non-hydrogen) atoms. The highest BCUT2D eigenvalue weighted by Crippen LogP contribution is 2.57. The summed E-state index contributed by atoms with van der Waals surface area (Å²) in [6, 6.07) is 1.29. The van der Waals surface area contributed by atoms with E-state index in [1.165, 1.54) is 32.1 Å². The summed E-state index contributed by atoms with van der Waals surface area (Å²) in [6.45, 7) is 7.22. The van der Waals surface area contributed by atoms with Crippen LogP contribution in [0.3, 0.4) is 0 Å². The predicted octanol–water partition coefficient (Wildman–Crippen LogP) is 2.35. The molecule has 3 rings (SSSR count). The molecule has 0 aromatic carbocycles. The van der Waals surface area contributed by atoms with Gasteiger partial charge in [-0.05, 0) is 45.4 Å². The maximum absolute atomic E-state index is 5.91. The third-order valence-electron chi connectivity index (χ3n) is 5.57. The van der Waals surface area contributed by atoms with E-state index in [1.54, 1.807) is 0 Å². The topological polar surface area (TPSA) is 30.5 Å². The van der Waals surface area contributed by atoms with E-state index < -0.39 is 0 Å². The molecular formula is C15H27NO2. The Labute approximate surface area is 111 Å². The number of hydrogen-bond acceptors (Lipinski definition) is 3. The van der Waals surface area contributed by atoms with Crippen LogP contribution in [0.25, 0.3) is 0 Å². The zero-order valence-electron chi connectivity index (χ0n) is 11.8. The SMILES string of the molecule is CCOC1CC(NC(C)C2CCOC2)C12CCC2. The Morgan fingerprint density at radius 3 is 2.83 bits per heavy atom. The van der Waals surface area contributed by atoms with Gasteiger partial charge < -0.3 is 14.8 Å². The van der Waals surface area contributed by atoms with Gasteiger partial charge in [0.1, 0.15) is 0 Å². The molecule has 0 bridgehead atoms. The molecule has 3 heteroatoms. The van der Waals surface area contributed by atoms with Crippen molar-refractivity contribution in [3.63, 3.8) is 0 Å². The monoisotopic (exact) mass is 253 g/mol. The lowest BCUT2D eigenvalue weighted by molar-refractivity contribution is -0.175. The average molecular weight is 253 g/mol. The molecule has 2 saturated carbocycles. The van der Waals surface area contributed by atoms with Crippen LogP contribution in [0.5, 0.6) is 0 Å². The molecule has 4 atom stereocenters. The van der Waals surface area contributed by atoms with E-state index in [0.717, 1.165) is 19.8 Å². The summed E-state index contributed by atoms with van der Waals surface area (Å²) in [5.41, 5.74) is 0.490. The Morgan fingerprint density at radius 2 is 2.28 bits per heavy atom. The summed E-state index contributed by atoms with van der Waals surface area (Å²) in [7, 11) is 0. The minimum Gasteiger partial charge on any atom is -0.381 e. The van der Waals surface area contributed by atoms with Crippen LogP contribution in [-0.4, -0.2) is 38.0 Å². The molecule has 0 amide bonds. The molecule has 1 spiro atoms. The summed E-state index contributed by atoms with van der Waals surface area (Å²) in [5.74, 6) is 0.716. The van der Waals surface area contributed by atoms with Crippen LogP contribution >= 0.6 is 0 Å². The van der Waals surface area contributed by atoms with Gasteiger partial charge in [-0.1, -0.05) is 6.42 Å². The van der Waals surface area contributed by atoms with E-state index in [-0.39, 0.29) is 0 Å². The highest BCUT2D eigenvalue weighted by atomic mass is 16.5. The maximum Gasteiger partial charge on any atom is 0.0661 e. The van der Waals surface area contributed by atoms with E-state index in [0.29, 0.717) is 29.5 Å². The number of hydrogen-bond donors (Lipinski definition) is 1. The van der Waals surface area contributed by atoms with E-state index in [2.05, 4.69) is 19.2 Å². The first kappa shape index (κ1) is 12.9. The van der Waals surface area contributed by atoms with Gasteiger partial charge in [0.15, 0.2) is 0 Å². The normalized spacial score (nSPS) is 39.3. The van der Waals surface area contributed by atoms with Crippen molar-refractivity contribution in [3.8, 4) is 0 Å². The van der Waals surface area contributed by atoms with Crippen LogP contribution in [0.15, 0.2) is 0 Å². The fourth-order valence-electron chi connectivity index (χ4n) is 4.07. The van der Waals surface area contributed by atoms with Crippen LogP contribution in [-0.2, 0) is 9.47 Å². The van der Waals surface area contributed by atoms with Gasteiger partial charge in [-0.3, -0.25) is 0 Å². The Balaban J connectivity index is 1.54. The van der Waals surface area contributed by atoms with E-state index in [4.69, 9.17) is 9.47 Å². The van der Waals surface area contributed by atoms with Gasteiger partial charge in [-0.25, -0.2) is 0 Å². The number of ether oxygens (including phenoxy) is 2. The van der Waals surface area contributed by atoms with Crippen molar-refractivity contribution < 1.29 is 9.47 Å². The molecule has 0 aromatic heterocycles. The lowest BCUT2D eigenvalue weighted by atomic mass is 9.51. The van der Waals surface area contributed by atoms with E-state index >= 15 is 0 Å². The molecule has 3 nitrogen and oxygen atoms in total. The number of rotatable bonds is 5. The minimum atomic E-state index is 0.490. The molecule has 1 aliphatic heterocycles. The predicted molar refractivity (Wildman–Crippen MR) is 71.6 cm³/mol. The summed E-state index contributed by atoms with van der Waals surface area (Å²) >= 11 is 0. The van der Waals surface area contributed by atoms with Crippen LogP contribution in [0.4, 0.5) is 0 Å². The number of nitrogens with one attached hydrogen (secondary N) is 1. The lowest BCUT2D eigenvalue weighted by Crippen LogP contribution is -2.68. The second-order valence-corrected chi connectivity index (χ2v) is 6.40. The van der Waals surface area contributed by atoms with Crippen molar-refractivity contribution in [2.75, 3.05) is 19.8 Å². The Hall–Kier alpha value is -0.120.